The second-order valence-corrected chi connectivity index (χ2v) is 7.84. The lowest BCUT2D eigenvalue weighted by Crippen LogP contribution is -2.45. The molecule has 1 aliphatic rings. The fraction of sp³-hybridized carbons (Fsp3) is 0.120. The molecule has 0 aliphatic carbocycles. The number of nitrogens with zero attached hydrogens (tertiary/aromatic N) is 3. The molecule has 170 valence electrons. The SMILES string of the molecule is CC(C(=O)Nc1ccc(-c2nc3ccccc3n2C(F)F)cc1)N1C(=O)c2ccccc2C1=O. The van der Waals surface area contributed by atoms with Crippen LogP contribution >= 0.6 is 0 Å². The number of benzene rings is 3. The van der Waals surface area contributed by atoms with Gasteiger partial charge in [-0.3, -0.25) is 23.9 Å². The molecule has 0 fully saturated rings. The molecule has 1 aromatic heterocycles. The zero-order chi connectivity index (χ0) is 24.0. The van der Waals surface area contributed by atoms with Gasteiger partial charge in [0.25, 0.3) is 11.8 Å². The van der Waals surface area contributed by atoms with Crippen LogP contribution < -0.4 is 5.32 Å². The lowest BCUT2D eigenvalue weighted by atomic mass is 10.1. The fourth-order valence-corrected chi connectivity index (χ4v) is 4.07. The van der Waals surface area contributed by atoms with Gasteiger partial charge in [0, 0.05) is 11.3 Å². The van der Waals surface area contributed by atoms with E-state index in [1.54, 1.807) is 72.8 Å². The number of hydrogen-bond acceptors (Lipinski definition) is 4. The van der Waals surface area contributed by atoms with Gasteiger partial charge in [0.2, 0.25) is 5.91 Å². The second-order valence-electron chi connectivity index (χ2n) is 7.84. The van der Waals surface area contributed by atoms with Crippen LogP contribution in [0.2, 0.25) is 0 Å². The molecule has 0 radical (unpaired) electrons. The Balaban J connectivity index is 1.36. The number of aromatic nitrogens is 2. The number of halogens is 2. The molecule has 9 heteroatoms. The lowest BCUT2D eigenvalue weighted by molar-refractivity contribution is -0.119. The van der Waals surface area contributed by atoms with Gasteiger partial charge < -0.3 is 5.32 Å². The van der Waals surface area contributed by atoms with Gasteiger partial charge in [-0.2, -0.15) is 8.78 Å². The van der Waals surface area contributed by atoms with Crippen LogP contribution in [-0.2, 0) is 4.79 Å². The highest BCUT2D eigenvalue weighted by Crippen LogP contribution is 2.30. The normalized spacial score (nSPS) is 14.1. The highest BCUT2D eigenvalue weighted by Gasteiger charge is 2.40. The van der Waals surface area contributed by atoms with E-state index in [2.05, 4.69) is 10.3 Å². The summed E-state index contributed by atoms with van der Waals surface area (Å²) < 4.78 is 28.3. The zero-order valence-electron chi connectivity index (χ0n) is 17.9. The van der Waals surface area contributed by atoms with Gasteiger partial charge in [-0.25, -0.2) is 4.98 Å². The summed E-state index contributed by atoms with van der Waals surface area (Å²) in [6.45, 7) is -1.31. The highest BCUT2D eigenvalue weighted by atomic mass is 19.3. The van der Waals surface area contributed by atoms with Gasteiger partial charge >= 0.3 is 6.55 Å². The second kappa shape index (κ2) is 8.18. The average molecular weight is 460 g/mol. The van der Waals surface area contributed by atoms with Crippen molar-refractivity contribution in [2.75, 3.05) is 5.32 Å². The molecule has 4 aromatic rings. The van der Waals surface area contributed by atoms with E-state index in [0.717, 1.165) is 9.47 Å². The summed E-state index contributed by atoms with van der Waals surface area (Å²) in [4.78, 5) is 43.3. The number of imidazole rings is 1. The first kappa shape index (κ1) is 21.4. The minimum atomic E-state index is -2.78. The summed E-state index contributed by atoms with van der Waals surface area (Å²) in [6, 6.07) is 18.2. The van der Waals surface area contributed by atoms with Crippen molar-refractivity contribution in [3.05, 3.63) is 83.9 Å². The third-order valence-electron chi connectivity index (χ3n) is 5.79. The Labute approximate surface area is 192 Å². The minimum absolute atomic E-state index is 0.105. The molecule has 0 spiro atoms. The Morgan fingerprint density at radius 1 is 0.882 bits per heavy atom. The molecule has 3 aromatic carbocycles. The molecule has 0 bridgehead atoms. The number of nitrogens with one attached hydrogen (secondary N) is 1. The Kier molecular flexibility index (Phi) is 5.16. The third kappa shape index (κ3) is 3.42. The first-order valence-electron chi connectivity index (χ1n) is 10.5. The number of carbonyl (C=O) groups is 3. The van der Waals surface area contributed by atoms with Crippen LogP contribution in [0.4, 0.5) is 14.5 Å². The number of anilines is 1. The summed E-state index contributed by atoms with van der Waals surface area (Å²) in [7, 11) is 0. The van der Waals surface area contributed by atoms with Crippen molar-refractivity contribution < 1.29 is 23.2 Å². The predicted molar refractivity (Wildman–Crippen MR) is 121 cm³/mol. The van der Waals surface area contributed by atoms with Crippen LogP contribution in [0.15, 0.2) is 72.8 Å². The predicted octanol–water partition coefficient (Wildman–Crippen LogP) is 4.72. The van der Waals surface area contributed by atoms with Crippen molar-refractivity contribution in [1.82, 2.24) is 14.5 Å². The number of rotatable bonds is 5. The summed E-state index contributed by atoms with van der Waals surface area (Å²) in [6.07, 6.45) is 0. The smallest absolute Gasteiger partial charge is 0.320 e. The van der Waals surface area contributed by atoms with Gasteiger partial charge in [-0.15, -0.1) is 0 Å². The molecule has 3 amide bonds. The Bertz CT molecular complexity index is 1410. The van der Waals surface area contributed by atoms with Gasteiger partial charge in [0.15, 0.2) is 0 Å². The Hall–Kier alpha value is -4.40. The Morgan fingerprint density at radius 3 is 2.09 bits per heavy atom. The number of hydrogen-bond donors (Lipinski definition) is 1. The van der Waals surface area contributed by atoms with Crippen LogP contribution in [0.5, 0.6) is 0 Å². The largest absolute Gasteiger partial charge is 0.324 e. The van der Waals surface area contributed by atoms with E-state index >= 15 is 0 Å². The summed E-state index contributed by atoms with van der Waals surface area (Å²) in [5.41, 5.74) is 2.13. The van der Waals surface area contributed by atoms with E-state index in [9.17, 15) is 23.2 Å². The Morgan fingerprint density at radius 2 is 1.47 bits per heavy atom. The van der Waals surface area contributed by atoms with Crippen molar-refractivity contribution >= 4 is 34.4 Å². The number of alkyl halides is 2. The molecule has 1 unspecified atom stereocenters. The quantitative estimate of drug-likeness (QED) is 0.437. The van der Waals surface area contributed by atoms with Crippen molar-refractivity contribution in [2.24, 2.45) is 0 Å². The maximum Gasteiger partial charge on any atom is 0.320 e. The summed E-state index contributed by atoms with van der Waals surface area (Å²) in [5.74, 6) is -1.50. The fourth-order valence-electron chi connectivity index (χ4n) is 4.07. The third-order valence-corrected chi connectivity index (χ3v) is 5.79. The van der Waals surface area contributed by atoms with E-state index in [1.807, 2.05) is 0 Å². The van der Waals surface area contributed by atoms with Crippen LogP contribution in [0, 0.1) is 0 Å². The average Bonchev–Trinajstić information content (AvgIpc) is 3.35. The first-order valence-corrected chi connectivity index (χ1v) is 10.5. The lowest BCUT2D eigenvalue weighted by Gasteiger charge is -2.21. The number of amides is 3. The molecule has 1 aliphatic heterocycles. The van der Waals surface area contributed by atoms with Crippen molar-refractivity contribution in [1.29, 1.82) is 0 Å². The summed E-state index contributed by atoms with van der Waals surface area (Å²) >= 11 is 0. The van der Waals surface area contributed by atoms with Crippen molar-refractivity contribution in [3.8, 4) is 11.4 Å². The van der Waals surface area contributed by atoms with Crippen molar-refractivity contribution in [3.63, 3.8) is 0 Å². The molecule has 7 nitrogen and oxygen atoms in total. The maximum absolute atomic E-state index is 13.7. The highest BCUT2D eigenvalue weighted by molar-refractivity contribution is 6.23. The topological polar surface area (TPSA) is 84.3 Å². The van der Waals surface area contributed by atoms with Crippen LogP contribution in [0.3, 0.4) is 0 Å². The standard InChI is InChI=1S/C25H18F2N4O3/c1-14(30-23(33)17-6-2-3-7-18(17)24(30)34)22(32)28-16-12-10-15(11-13-16)21-29-19-8-4-5-9-20(19)31(21)25(26)27/h2-14,25H,1H3,(H,28,32). The number of carbonyl (C=O) groups excluding carboxylic acids is 3. The minimum Gasteiger partial charge on any atom is -0.324 e. The molecule has 5 rings (SSSR count). The maximum atomic E-state index is 13.7. The zero-order valence-corrected chi connectivity index (χ0v) is 17.9. The molecular formula is C25H18F2N4O3. The number of para-hydroxylation sites is 2. The molecule has 1 atom stereocenters. The van der Waals surface area contributed by atoms with Crippen LogP contribution in [0.1, 0.15) is 34.2 Å². The molecule has 0 saturated heterocycles. The van der Waals surface area contributed by atoms with Gasteiger partial charge in [-0.05, 0) is 55.5 Å². The van der Waals surface area contributed by atoms with Gasteiger partial charge in [0.1, 0.15) is 11.9 Å². The number of fused-ring (bicyclic) bond motifs is 2. The van der Waals surface area contributed by atoms with E-state index in [-0.39, 0.29) is 17.0 Å². The van der Waals surface area contributed by atoms with E-state index in [1.165, 1.54) is 6.92 Å². The van der Waals surface area contributed by atoms with E-state index in [0.29, 0.717) is 22.3 Å². The first-order chi connectivity index (χ1) is 16.4. The molecule has 1 N–H and O–H groups in total. The van der Waals surface area contributed by atoms with Crippen LogP contribution in [-0.4, -0.2) is 38.2 Å². The number of imide groups is 1. The molecule has 2 heterocycles. The van der Waals surface area contributed by atoms with Gasteiger partial charge in [-0.1, -0.05) is 24.3 Å². The molecule has 0 saturated carbocycles. The van der Waals surface area contributed by atoms with Crippen LogP contribution in [0.25, 0.3) is 22.4 Å². The molecular weight excluding hydrogens is 442 g/mol. The summed E-state index contributed by atoms with van der Waals surface area (Å²) in [5, 5.41) is 2.67. The van der Waals surface area contributed by atoms with Gasteiger partial charge in [0.05, 0.1) is 22.2 Å². The molecule has 34 heavy (non-hydrogen) atoms. The van der Waals surface area contributed by atoms with E-state index < -0.39 is 30.3 Å². The van der Waals surface area contributed by atoms with E-state index in [4.69, 9.17) is 0 Å². The monoisotopic (exact) mass is 460 g/mol. The van der Waals surface area contributed by atoms with Crippen molar-refractivity contribution in [2.45, 2.75) is 19.5 Å².